The summed E-state index contributed by atoms with van der Waals surface area (Å²) in [5.41, 5.74) is 6.93. The lowest BCUT2D eigenvalue weighted by Crippen LogP contribution is -2.13. The van der Waals surface area contributed by atoms with Crippen LogP contribution in [0.4, 0.5) is 0 Å². The molecule has 1 saturated carbocycles. The molecule has 0 radical (unpaired) electrons. The van der Waals surface area contributed by atoms with E-state index in [1.54, 1.807) is 18.0 Å². The lowest BCUT2D eigenvalue weighted by Gasteiger charge is -2.24. The van der Waals surface area contributed by atoms with Crippen molar-refractivity contribution in [2.24, 2.45) is 7.05 Å². The van der Waals surface area contributed by atoms with Gasteiger partial charge in [-0.3, -0.25) is 9.67 Å². The molecule has 0 amide bonds. The Balaban J connectivity index is 1.56. The van der Waals surface area contributed by atoms with Crippen molar-refractivity contribution in [1.82, 2.24) is 19.7 Å². The number of rotatable bonds is 6. The highest BCUT2D eigenvalue weighted by Crippen LogP contribution is 2.38. The van der Waals surface area contributed by atoms with Crippen LogP contribution >= 0.6 is 23.5 Å². The normalized spacial score (nSPS) is 15.9. The third-order valence-corrected chi connectivity index (χ3v) is 8.74. The van der Waals surface area contributed by atoms with Gasteiger partial charge in [0.2, 0.25) is 0 Å². The molecule has 0 aromatic carbocycles. The number of hydrogen-bond donors (Lipinski definition) is 0. The monoisotopic (exact) mass is 447 g/mol. The molecule has 0 bridgehead atoms. The molecule has 0 aliphatic heterocycles. The molecule has 0 spiro atoms. The molecule has 1 fully saturated rings. The van der Waals surface area contributed by atoms with E-state index in [0.29, 0.717) is 5.56 Å². The zero-order valence-electron chi connectivity index (χ0n) is 17.7. The fourth-order valence-electron chi connectivity index (χ4n) is 4.17. The van der Waals surface area contributed by atoms with Crippen molar-refractivity contribution in [2.75, 3.05) is 5.08 Å². The van der Waals surface area contributed by atoms with Gasteiger partial charge >= 0.3 is 0 Å². The van der Waals surface area contributed by atoms with Crippen LogP contribution in [0.1, 0.15) is 48.9 Å². The van der Waals surface area contributed by atoms with Crippen LogP contribution in [0, 0.1) is 11.3 Å². The van der Waals surface area contributed by atoms with Crippen LogP contribution in [-0.4, -0.2) is 30.1 Å². The second-order valence-corrected chi connectivity index (χ2v) is 10.8. The van der Waals surface area contributed by atoms with Gasteiger partial charge in [0.25, 0.3) is 0 Å². The minimum atomic E-state index is 0.637. The van der Waals surface area contributed by atoms with Crippen molar-refractivity contribution in [3.63, 3.8) is 0 Å². The number of aryl methyl sites for hydroxylation is 3. The van der Waals surface area contributed by atoms with E-state index in [-0.39, 0.29) is 0 Å². The van der Waals surface area contributed by atoms with Crippen LogP contribution < -0.4 is 0 Å². The Morgan fingerprint density at radius 2 is 2.06 bits per heavy atom. The molecule has 3 heterocycles. The maximum atomic E-state index is 10.0. The quantitative estimate of drug-likeness (QED) is 0.360. The summed E-state index contributed by atoms with van der Waals surface area (Å²) in [7, 11) is 1.91. The minimum Gasteiger partial charge on any atom is -0.268 e. The molecule has 0 N–H and O–H groups in total. The molecule has 5 rings (SSSR count). The van der Waals surface area contributed by atoms with Crippen molar-refractivity contribution in [3.05, 3.63) is 47.4 Å². The number of fused-ring (bicyclic) bond motifs is 1. The number of aromatic nitrogens is 4. The molecule has 3 aromatic rings. The van der Waals surface area contributed by atoms with Gasteiger partial charge in [0, 0.05) is 46.6 Å². The van der Waals surface area contributed by atoms with Crippen molar-refractivity contribution < 1.29 is 0 Å². The minimum absolute atomic E-state index is 0.637. The van der Waals surface area contributed by atoms with Crippen molar-refractivity contribution in [1.29, 1.82) is 5.26 Å². The third-order valence-electron chi connectivity index (χ3n) is 6.21. The first-order valence-electron chi connectivity index (χ1n) is 10.9. The molecule has 7 heteroatoms. The summed E-state index contributed by atoms with van der Waals surface area (Å²) in [6.07, 6.45) is 12.3. The van der Waals surface area contributed by atoms with Crippen LogP contribution in [0.25, 0.3) is 22.5 Å². The van der Waals surface area contributed by atoms with Crippen molar-refractivity contribution >= 4 is 23.5 Å². The first-order chi connectivity index (χ1) is 15.2. The average molecular weight is 448 g/mol. The fourth-order valence-corrected chi connectivity index (χ4v) is 6.79. The van der Waals surface area contributed by atoms with E-state index in [1.165, 1.54) is 43.4 Å². The maximum Gasteiger partial charge on any atom is 0.116 e. The summed E-state index contributed by atoms with van der Waals surface area (Å²) >= 11 is 3.67. The Hall–Kier alpha value is -2.30. The third kappa shape index (κ3) is 4.24. The SMILES string of the molecule is Cn1nccc1-c1cc(-c2cnc3c(c2)CCCC3)nc(SCSC2CCC2)c1C#N. The Morgan fingerprint density at radius 3 is 2.81 bits per heavy atom. The van der Waals surface area contributed by atoms with Crippen LogP contribution in [0.2, 0.25) is 0 Å². The van der Waals surface area contributed by atoms with Gasteiger partial charge in [0.05, 0.1) is 17.0 Å². The molecule has 0 saturated heterocycles. The van der Waals surface area contributed by atoms with Crippen LogP contribution in [0.5, 0.6) is 0 Å². The highest BCUT2D eigenvalue weighted by Gasteiger charge is 2.21. The molecule has 2 aliphatic rings. The number of nitriles is 1. The number of pyridine rings is 2. The largest absolute Gasteiger partial charge is 0.268 e. The topological polar surface area (TPSA) is 67.4 Å². The smallest absolute Gasteiger partial charge is 0.116 e. The van der Waals surface area contributed by atoms with Gasteiger partial charge < -0.3 is 0 Å². The van der Waals surface area contributed by atoms with Gasteiger partial charge in [0.15, 0.2) is 0 Å². The maximum absolute atomic E-state index is 10.0. The summed E-state index contributed by atoms with van der Waals surface area (Å²) in [6.45, 7) is 0. The second-order valence-electron chi connectivity index (χ2n) is 8.21. The summed E-state index contributed by atoms with van der Waals surface area (Å²) in [6, 6.07) is 8.67. The zero-order chi connectivity index (χ0) is 21.2. The highest BCUT2D eigenvalue weighted by molar-refractivity contribution is 8.16. The van der Waals surface area contributed by atoms with Crippen LogP contribution in [0.3, 0.4) is 0 Å². The molecular formula is C24H25N5S2. The molecule has 31 heavy (non-hydrogen) atoms. The molecule has 3 aromatic heterocycles. The fraction of sp³-hybridized carbons (Fsp3) is 0.417. The van der Waals surface area contributed by atoms with Gasteiger partial charge in [-0.2, -0.15) is 10.4 Å². The zero-order valence-corrected chi connectivity index (χ0v) is 19.3. The Labute approximate surface area is 191 Å². The van der Waals surface area contributed by atoms with E-state index in [4.69, 9.17) is 9.97 Å². The number of nitrogens with zero attached hydrogens (tertiary/aromatic N) is 5. The van der Waals surface area contributed by atoms with E-state index < -0.39 is 0 Å². The average Bonchev–Trinajstić information content (AvgIpc) is 3.20. The first-order valence-corrected chi connectivity index (χ1v) is 12.9. The number of thioether (sulfide) groups is 2. The lowest BCUT2D eigenvalue weighted by molar-refractivity contribution is 0.523. The van der Waals surface area contributed by atoms with E-state index in [9.17, 15) is 5.26 Å². The lowest BCUT2D eigenvalue weighted by atomic mass is 9.94. The predicted octanol–water partition coefficient (Wildman–Crippen LogP) is 5.63. The van der Waals surface area contributed by atoms with Gasteiger partial charge in [-0.05, 0) is 62.3 Å². The predicted molar refractivity (Wildman–Crippen MR) is 127 cm³/mol. The van der Waals surface area contributed by atoms with E-state index >= 15 is 0 Å². The highest BCUT2D eigenvalue weighted by atomic mass is 32.2. The standard InChI is InChI=1S/C24H25N5S2/c1-29-23(9-10-27-29)19-12-22(17-11-16-5-2-3-8-21(16)26-14-17)28-24(20(19)13-25)31-15-30-18-6-4-7-18/h9-12,14,18H,2-8,15H2,1H3. The van der Waals surface area contributed by atoms with Crippen LogP contribution in [-0.2, 0) is 19.9 Å². The molecular weight excluding hydrogens is 422 g/mol. The molecule has 0 atom stereocenters. The van der Waals surface area contributed by atoms with E-state index in [0.717, 1.165) is 50.7 Å². The Morgan fingerprint density at radius 1 is 1.19 bits per heavy atom. The van der Waals surface area contributed by atoms with Crippen molar-refractivity contribution in [3.8, 4) is 28.6 Å². The summed E-state index contributed by atoms with van der Waals surface area (Å²) in [5, 5.41) is 16.8. The second kappa shape index (κ2) is 9.05. The van der Waals surface area contributed by atoms with Gasteiger partial charge in [0.1, 0.15) is 11.1 Å². The summed E-state index contributed by atoms with van der Waals surface area (Å²) in [5.74, 6) is 0. The van der Waals surface area contributed by atoms with Crippen molar-refractivity contribution in [2.45, 2.75) is 55.2 Å². The first kappa shape index (κ1) is 20.6. The van der Waals surface area contributed by atoms with E-state index in [1.807, 2.05) is 41.8 Å². The van der Waals surface area contributed by atoms with Gasteiger partial charge in [-0.1, -0.05) is 18.2 Å². The summed E-state index contributed by atoms with van der Waals surface area (Å²) in [4.78, 5) is 9.71. The molecule has 158 valence electrons. The summed E-state index contributed by atoms with van der Waals surface area (Å²) < 4.78 is 1.82. The van der Waals surface area contributed by atoms with Gasteiger partial charge in [-0.15, -0.1) is 11.8 Å². The Kier molecular flexibility index (Phi) is 6.02. The van der Waals surface area contributed by atoms with Crippen LogP contribution in [0.15, 0.2) is 35.6 Å². The van der Waals surface area contributed by atoms with E-state index in [2.05, 4.69) is 17.2 Å². The molecule has 2 aliphatic carbocycles. The van der Waals surface area contributed by atoms with Gasteiger partial charge in [-0.25, -0.2) is 4.98 Å². The molecule has 5 nitrogen and oxygen atoms in total. The molecule has 0 unspecified atom stereocenters. The number of hydrogen-bond acceptors (Lipinski definition) is 6. The Bertz CT molecular complexity index is 1140.